The fraction of sp³-hybridized carbons (Fsp3) is 0.438. The molecule has 0 N–H and O–H groups in total. The maximum absolute atomic E-state index is 10.8. The fourth-order valence-corrected chi connectivity index (χ4v) is 2.84. The molecule has 1 aromatic heterocycles. The first-order valence-electron chi connectivity index (χ1n) is 7.34. The van der Waals surface area contributed by atoms with Gasteiger partial charge in [0.05, 0.1) is 17.0 Å². The van der Waals surface area contributed by atoms with E-state index in [1.54, 1.807) is 19.1 Å². The number of hydrogen-bond acceptors (Lipinski definition) is 4. The maximum atomic E-state index is 10.8. The summed E-state index contributed by atoms with van der Waals surface area (Å²) in [7, 11) is 0. The third kappa shape index (κ3) is 3.27. The van der Waals surface area contributed by atoms with Gasteiger partial charge < -0.3 is 9.30 Å². The standard InChI is InChI=1S/C12H12N2O2.C4H8O2/c1-8-5-10-7-11(14(15)16)6-9-3-2-4-13(8)12(9)10;1-3-6-4(2)5/h5-7H,2-4H2,1H3;3H2,1-2H3. The van der Waals surface area contributed by atoms with Crippen LogP contribution in [0.2, 0.25) is 0 Å². The van der Waals surface area contributed by atoms with Crippen LogP contribution in [0.25, 0.3) is 10.9 Å². The van der Waals surface area contributed by atoms with Gasteiger partial charge in [-0.3, -0.25) is 14.9 Å². The lowest BCUT2D eigenvalue weighted by Crippen LogP contribution is -2.08. The van der Waals surface area contributed by atoms with Gasteiger partial charge in [0.2, 0.25) is 0 Å². The van der Waals surface area contributed by atoms with Gasteiger partial charge in [-0.25, -0.2) is 0 Å². The number of benzene rings is 1. The molecule has 1 aliphatic rings. The Bertz CT molecular complexity index is 718. The maximum Gasteiger partial charge on any atom is 0.302 e. The number of nitrogens with zero attached hydrogens (tertiary/aromatic N) is 2. The first-order chi connectivity index (χ1) is 10.4. The van der Waals surface area contributed by atoms with Crippen molar-refractivity contribution >= 4 is 22.6 Å². The summed E-state index contributed by atoms with van der Waals surface area (Å²) >= 11 is 0. The molecule has 3 rings (SSSR count). The number of aromatic nitrogens is 1. The smallest absolute Gasteiger partial charge is 0.302 e. The van der Waals surface area contributed by atoms with Crippen LogP contribution in [0, 0.1) is 17.0 Å². The summed E-state index contributed by atoms with van der Waals surface area (Å²) in [4.78, 5) is 20.3. The summed E-state index contributed by atoms with van der Waals surface area (Å²) in [5, 5.41) is 11.8. The highest BCUT2D eigenvalue weighted by Crippen LogP contribution is 2.32. The van der Waals surface area contributed by atoms with Crippen molar-refractivity contribution in [2.75, 3.05) is 6.61 Å². The molecule has 0 spiro atoms. The molecule has 6 heteroatoms. The molecule has 22 heavy (non-hydrogen) atoms. The lowest BCUT2D eigenvalue weighted by atomic mass is 10.0. The van der Waals surface area contributed by atoms with Gasteiger partial charge in [0.25, 0.3) is 5.69 Å². The molecule has 6 nitrogen and oxygen atoms in total. The van der Waals surface area contributed by atoms with Crippen molar-refractivity contribution in [2.24, 2.45) is 0 Å². The lowest BCUT2D eigenvalue weighted by Gasteiger charge is -2.16. The summed E-state index contributed by atoms with van der Waals surface area (Å²) in [6, 6.07) is 5.43. The Labute approximate surface area is 128 Å². The predicted molar refractivity (Wildman–Crippen MR) is 84.0 cm³/mol. The van der Waals surface area contributed by atoms with Gasteiger partial charge >= 0.3 is 5.97 Å². The highest BCUT2D eigenvalue weighted by Gasteiger charge is 2.18. The zero-order chi connectivity index (χ0) is 16.3. The summed E-state index contributed by atoms with van der Waals surface area (Å²) in [5.41, 5.74) is 3.70. The fourth-order valence-electron chi connectivity index (χ4n) is 2.84. The van der Waals surface area contributed by atoms with Crippen molar-refractivity contribution in [3.8, 4) is 0 Å². The number of rotatable bonds is 2. The largest absolute Gasteiger partial charge is 0.466 e. The van der Waals surface area contributed by atoms with E-state index in [1.807, 2.05) is 6.07 Å². The first-order valence-corrected chi connectivity index (χ1v) is 7.34. The SMILES string of the molecule is CCOC(C)=O.Cc1cc2cc([N+](=O)[O-])cc3c2n1CCC3. The van der Waals surface area contributed by atoms with Gasteiger partial charge in [-0.2, -0.15) is 0 Å². The number of non-ortho nitro benzene ring substituents is 1. The second kappa shape index (κ2) is 6.60. The minimum Gasteiger partial charge on any atom is -0.466 e. The van der Waals surface area contributed by atoms with Crippen molar-refractivity contribution in [2.45, 2.75) is 40.2 Å². The van der Waals surface area contributed by atoms with E-state index in [1.165, 1.54) is 18.1 Å². The van der Waals surface area contributed by atoms with E-state index in [9.17, 15) is 14.9 Å². The van der Waals surface area contributed by atoms with E-state index in [4.69, 9.17) is 0 Å². The Hall–Kier alpha value is -2.37. The Morgan fingerprint density at radius 2 is 2.14 bits per heavy atom. The number of carbonyl (C=O) groups excluding carboxylic acids is 1. The third-order valence-electron chi connectivity index (χ3n) is 3.65. The van der Waals surface area contributed by atoms with Crippen LogP contribution in [0.4, 0.5) is 5.69 Å². The highest BCUT2D eigenvalue weighted by atomic mass is 16.6. The number of carbonyl (C=O) groups is 1. The van der Waals surface area contributed by atoms with Crippen LogP contribution < -0.4 is 0 Å². The second-order valence-electron chi connectivity index (χ2n) is 5.27. The van der Waals surface area contributed by atoms with E-state index in [2.05, 4.69) is 16.2 Å². The molecule has 1 aromatic carbocycles. The van der Waals surface area contributed by atoms with Gasteiger partial charge in [0.15, 0.2) is 0 Å². The summed E-state index contributed by atoms with van der Waals surface area (Å²) < 4.78 is 6.66. The Balaban J connectivity index is 0.000000254. The molecule has 0 unspecified atom stereocenters. The van der Waals surface area contributed by atoms with Gasteiger partial charge in [-0.1, -0.05) is 0 Å². The minimum absolute atomic E-state index is 0.210. The molecule has 0 bridgehead atoms. The monoisotopic (exact) mass is 304 g/mol. The molecule has 1 aliphatic heterocycles. The molecule has 2 aromatic rings. The van der Waals surface area contributed by atoms with E-state index in [0.29, 0.717) is 6.61 Å². The molecular formula is C16H20N2O4. The van der Waals surface area contributed by atoms with Gasteiger partial charge in [0, 0.05) is 36.7 Å². The average Bonchev–Trinajstić information content (AvgIpc) is 2.77. The van der Waals surface area contributed by atoms with Crippen molar-refractivity contribution in [1.82, 2.24) is 4.57 Å². The zero-order valence-electron chi connectivity index (χ0n) is 13.1. The Kier molecular flexibility index (Phi) is 4.80. The van der Waals surface area contributed by atoms with Crippen LogP contribution in [0.5, 0.6) is 0 Å². The van der Waals surface area contributed by atoms with Crippen molar-refractivity contribution in [3.05, 3.63) is 39.6 Å². The average molecular weight is 304 g/mol. The predicted octanol–water partition coefficient (Wildman–Crippen LogP) is 3.37. The number of nitro benzene ring substituents is 1. The van der Waals surface area contributed by atoms with Crippen molar-refractivity contribution < 1.29 is 14.5 Å². The molecule has 0 aliphatic carbocycles. The van der Waals surface area contributed by atoms with E-state index in [-0.39, 0.29) is 16.6 Å². The Morgan fingerprint density at radius 1 is 1.41 bits per heavy atom. The molecule has 0 atom stereocenters. The molecule has 2 heterocycles. The number of ether oxygens (including phenoxy) is 1. The van der Waals surface area contributed by atoms with Crippen LogP contribution in [0.3, 0.4) is 0 Å². The second-order valence-corrected chi connectivity index (χ2v) is 5.27. The molecule has 0 radical (unpaired) electrons. The topological polar surface area (TPSA) is 74.4 Å². The summed E-state index contributed by atoms with van der Waals surface area (Å²) in [6.45, 7) is 6.74. The van der Waals surface area contributed by atoms with Gasteiger partial charge in [-0.05, 0) is 38.3 Å². The number of hydrogen-bond donors (Lipinski definition) is 0. The summed E-state index contributed by atoms with van der Waals surface area (Å²) in [6.07, 6.45) is 2.01. The molecule has 0 fully saturated rings. The lowest BCUT2D eigenvalue weighted by molar-refractivity contribution is -0.384. The van der Waals surface area contributed by atoms with Gasteiger partial charge in [-0.15, -0.1) is 0 Å². The van der Waals surface area contributed by atoms with E-state index in [0.717, 1.165) is 30.3 Å². The normalized spacial score (nSPS) is 12.5. The minimum atomic E-state index is -0.308. The number of nitro groups is 1. The number of esters is 1. The van der Waals surface area contributed by atoms with Crippen molar-refractivity contribution in [1.29, 1.82) is 0 Å². The molecule has 118 valence electrons. The highest BCUT2D eigenvalue weighted by molar-refractivity contribution is 5.87. The van der Waals surface area contributed by atoms with Crippen LogP contribution in [-0.2, 0) is 22.5 Å². The van der Waals surface area contributed by atoms with Crippen LogP contribution in [-0.4, -0.2) is 22.1 Å². The molecular weight excluding hydrogens is 284 g/mol. The summed E-state index contributed by atoms with van der Waals surface area (Å²) in [5.74, 6) is -0.211. The molecule has 0 saturated heterocycles. The number of aryl methyl sites for hydroxylation is 3. The molecule has 0 amide bonds. The van der Waals surface area contributed by atoms with Gasteiger partial charge in [0.1, 0.15) is 0 Å². The van der Waals surface area contributed by atoms with Crippen LogP contribution in [0.15, 0.2) is 18.2 Å². The zero-order valence-corrected chi connectivity index (χ0v) is 13.1. The van der Waals surface area contributed by atoms with Crippen LogP contribution in [0.1, 0.15) is 31.5 Å². The first kappa shape index (κ1) is 16.0. The quantitative estimate of drug-likeness (QED) is 0.484. The van der Waals surface area contributed by atoms with E-state index >= 15 is 0 Å². The van der Waals surface area contributed by atoms with Crippen LogP contribution >= 0.6 is 0 Å². The third-order valence-corrected chi connectivity index (χ3v) is 3.65. The van der Waals surface area contributed by atoms with Crippen molar-refractivity contribution in [3.63, 3.8) is 0 Å². The Morgan fingerprint density at radius 3 is 2.68 bits per heavy atom. The molecule has 0 saturated carbocycles. The van der Waals surface area contributed by atoms with E-state index < -0.39 is 0 Å².